The number of aromatic amines is 2. The number of nitrogens with two attached hydrogens (primary N) is 1. The van der Waals surface area contributed by atoms with Crippen molar-refractivity contribution in [1.82, 2.24) is 9.97 Å². The van der Waals surface area contributed by atoms with E-state index in [1.807, 2.05) is 4.98 Å². The molecule has 2 aromatic heterocycles. The number of aromatic nitrogens is 2. The maximum absolute atomic E-state index is 12.0. The van der Waals surface area contributed by atoms with Gasteiger partial charge < -0.3 is 15.7 Å². The average molecular weight is 386 g/mol. The van der Waals surface area contributed by atoms with Crippen molar-refractivity contribution in [3.05, 3.63) is 66.5 Å². The van der Waals surface area contributed by atoms with E-state index < -0.39 is 45.2 Å². The molecule has 0 amide bonds. The molecule has 0 saturated carbocycles. The Morgan fingerprint density at radius 3 is 1.65 bits per heavy atom. The van der Waals surface area contributed by atoms with E-state index in [1.54, 1.807) is 4.98 Å². The Labute approximate surface area is 138 Å². The highest BCUT2D eigenvalue weighted by molar-refractivity contribution is 5.35. The zero-order valence-electron chi connectivity index (χ0n) is 12.2. The van der Waals surface area contributed by atoms with Gasteiger partial charge in [-0.15, -0.1) is 0 Å². The van der Waals surface area contributed by atoms with Crippen LogP contribution in [0.4, 0.5) is 37.7 Å². The number of pyridine rings is 2. The number of hydrogen-bond donors (Lipinski definition) is 3. The molecule has 0 radical (unpaired) electrons. The molecule has 142 valence electrons. The number of anilines is 1. The zero-order valence-corrected chi connectivity index (χ0v) is 12.2. The van der Waals surface area contributed by atoms with Crippen molar-refractivity contribution in [3.8, 4) is 0 Å². The second-order valence-electron chi connectivity index (χ2n) is 4.52. The summed E-state index contributed by atoms with van der Waals surface area (Å²) in [6.07, 6.45) is -8.00. The van der Waals surface area contributed by atoms with Crippen LogP contribution >= 0.6 is 0 Å². The molecule has 26 heavy (non-hydrogen) atoms. The quantitative estimate of drug-likeness (QED) is 0.393. The van der Waals surface area contributed by atoms with Gasteiger partial charge in [0.2, 0.25) is 5.43 Å². The fourth-order valence-corrected chi connectivity index (χ4v) is 1.42. The third-order valence-corrected chi connectivity index (χ3v) is 2.64. The molecule has 2 aromatic rings. The number of nitrogens with one attached hydrogen (secondary N) is 2. The highest BCUT2D eigenvalue weighted by atomic mass is 19.4. The van der Waals surface area contributed by atoms with E-state index in [2.05, 4.69) is 0 Å². The molecule has 0 aliphatic rings. The number of nitrogens with zero attached hydrogens (tertiary/aromatic N) is 1. The molecule has 0 unspecified atom stereocenters. The Morgan fingerprint density at radius 1 is 0.885 bits per heavy atom. The average Bonchev–Trinajstić information content (AvgIpc) is 2.48. The lowest BCUT2D eigenvalue weighted by atomic mass is 10.3. The molecule has 0 aromatic carbocycles. The van der Waals surface area contributed by atoms with Gasteiger partial charge in [-0.2, -0.15) is 26.3 Å². The van der Waals surface area contributed by atoms with Gasteiger partial charge in [0, 0.05) is 18.3 Å². The summed E-state index contributed by atoms with van der Waals surface area (Å²) in [6, 6.07) is 0.577. The summed E-state index contributed by atoms with van der Waals surface area (Å²) in [5, 5.41) is 10.1. The lowest BCUT2D eigenvalue weighted by molar-refractivity contribution is -0.386. The van der Waals surface area contributed by atoms with Gasteiger partial charge in [0.25, 0.3) is 5.43 Å². The van der Waals surface area contributed by atoms with Crippen LogP contribution in [-0.2, 0) is 12.4 Å². The molecule has 4 N–H and O–H groups in total. The summed E-state index contributed by atoms with van der Waals surface area (Å²) in [6.45, 7) is 0. The highest BCUT2D eigenvalue weighted by Crippen LogP contribution is 2.27. The van der Waals surface area contributed by atoms with Gasteiger partial charge in [0.05, 0.1) is 16.8 Å². The van der Waals surface area contributed by atoms with Crippen LogP contribution in [0.5, 0.6) is 0 Å². The first-order chi connectivity index (χ1) is 11.7. The number of nitro groups is 1. The summed E-state index contributed by atoms with van der Waals surface area (Å²) in [7, 11) is 0. The molecule has 0 saturated heterocycles. The number of rotatable bonds is 1. The molecule has 0 aliphatic heterocycles. The SMILES string of the molecule is Nc1c[nH]c(C(F)(F)F)cc1=O.O=c1cc(C(F)(F)F)[nH]cc1[N+](=O)[O-]. The maximum Gasteiger partial charge on any atom is 0.431 e. The Bertz CT molecular complexity index is 915. The second-order valence-corrected chi connectivity index (χ2v) is 4.52. The Balaban J connectivity index is 0.000000263. The molecular formula is C12H8F6N4O4. The van der Waals surface area contributed by atoms with Crippen molar-refractivity contribution < 1.29 is 31.3 Å². The van der Waals surface area contributed by atoms with E-state index in [1.165, 1.54) is 0 Å². The molecule has 0 atom stereocenters. The first kappa shape index (κ1) is 20.7. The molecule has 0 fully saturated rings. The lowest BCUT2D eigenvalue weighted by Crippen LogP contribution is -2.15. The number of nitrogen functional groups attached to an aromatic ring is 1. The Hall–Kier alpha value is -3.32. The summed E-state index contributed by atoms with van der Waals surface area (Å²) < 4.78 is 71.5. The van der Waals surface area contributed by atoms with Crippen molar-refractivity contribution in [3.63, 3.8) is 0 Å². The predicted molar refractivity (Wildman–Crippen MR) is 75.2 cm³/mol. The largest absolute Gasteiger partial charge is 0.431 e. The topological polar surface area (TPSA) is 135 Å². The van der Waals surface area contributed by atoms with Crippen molar-refractivity contribution in [1.29, 1.82) is 0 Å². The van der Waals surface area contributed by atoms with Crippen LogP contribution in [0.1, 0.15) is 11.4 Å². The van der Waals surface area contributed by atoms with E-state index in [0.29, 0.717) is 12.3 Å². The minimum Gasteiger partial charge on any atom is -0.394 e. The first-order valence-electron chi connectivity index (χ1n) is 6.23. The standard InChI is InChI=1S/C6H3F3N2O3.C6H5F3N2O/c7-6(8,9)5-1-4(12)3(2-10-5)11(13)14;7-6(8,9)5-1-4(12)3(10)2-11-5/h1-2H,(H,10,12);1-2H,10H2,(H,11,12). The Morgan fingerprint density at radius 2 is 1.31 bits per heavy atom. The van der Waals surface area contributed by atoms with E-state index in [-0.39, 0.29) is 11.8 Å². The molecule has 0 aliphatic carbocycles. The van der Waals surface area contributed by atoms with Crippen LogP contribution in [0.15, 0.2) is 34.1 Å². The minimum atomic E-state index is -4.71. The molecule has 14 heteroatoms. The molecule has 2 rings (SSSR count). The molecule has 2 heterocycles. The van der Waals surface area contributed by atoms with E-state index >= 15 is 0 Å². The van der Waals surface area contributed by atoms with Crippen LogP contribution in [0.2, 0.25) is 0 Å². The molecular weight excluding hydrogens is 378 g/mol. The van der Waals surface area contributed by atoms with Crippen molar-refractivity contribution in [2.75, 3.05) is 5.73 Å². The number of alkyl halides is 6. The number of halogens is 6. The van der Waals surface area contributed by atoms with Gasteiger partial charge in [-0.25, -0.2) is 0 Å². The van der Waals surface area contributed by atoms with Crippen LogP contribution in [-0.4, -0.2) is 14.9 Å². The maximum atomic E-state index is 12.0. The third-order valence-electron chi connectivity index (χ3n) is 2.64. The monoisotopic (exact) mass is 386 g/mol. The molecule has 0 bridgehead atoms. The van der Waals surface area contributed by atoms with Gasteiger partial charge in [0.1, 0.15) is 11.4 Å². The van der Waals surface area contributed by atoms with Crippen LogP contribution < -0.4 is 16.6 Å². The van der Waals surface area contributed by atoms with Gasteiger partial charge in [-0.1, -0.05) is 0 Å². The molecule has 8 nitrogen and oxygen atoms in total. The van der Waals surface area contributed by atoms with Crippen LogP contribution in [0, 0.1) is 10.1 Å². The van der Waals surface area contributed by atoms with Gasteiger partial charge in [-0.05, 0) is 0 Å². The van der Waals surface area contributed by atoms with Crippen molar-refractivity contribution in [2.45, 2.75) is 12.4 Å². The normalized spacial score (nSPS) is 11.5. The van der Waals surface area contributed by atoms with Crippen molar-refractivity contribution in [2.24, 2.45) is 0 Å². The summed E-state index contributed by atoms with van der Waals surface area (Å²) in [5.41, 5.74) is -0.648. The minimum absolute atomic E-state index is 0.151. The predicted octanol–water partition coefficient (Wildman–Crippen LogP) is 2.28. The van der Waals surface area contributed by atoms with E-state index in [0.717, 1.165) is 6.20 Å². The highest BCUT2D eigenvalue weighted by Gasteiger charge is 2.33. The summed E-state index contributed by atoms with van der Waals surface area (Å²) >= 11 is 0. The second kappa shape index (κ2) is 7.28. The van der Waals surface area contributed by atoms with Gasteiger partial charge in [0.15, 0.2) is 0 Å². The van der Waals surface area contributed by atoms with E-state index in [4.69, 9.17) is 5.73 Å². The van der Waals surface area contributed by atoms with Crippen LogP contribution in [0.3, 0.4) is 0 Å². The third kappa shape index (κ3) is 5.35. The van der Waals surface area contributed by atoms with Gasteiger partial charge >= 0.3 is 18.0 Å². The number of H-pyrrole nitrogens is 2. The lowest BCUT2D eigenvalue weighted by Gasteiger charge is -2.05. The van der Waals surface area contributed by atoms with Crippen LogP contribution in [0.25, 0.3) is 0 Å². The Kier molecular flexibility index (Phi) is 5.81. The van der Waals surface area contributed by atoms with Gasteiger partial charge in [-0.3, -0.25) is 19.7 Å². The first-order valence-corrected chi connectivity index (χ1v) is 6.23. The molecule has 0 spiro atoms. The fourth-order valence-electron chi connectivity index (χ4n) is 1.42. The zero-order chi connectivity index (χ0) is 20.3. The summed E-state index contributed by atoms with van der Waals surface area (Å²) in [4.78, 5) is 33.9. The van der Waals surface area contributed by atoms with E-state index in [9.17, 15) is 46.0 Å². The van der Waals surface area contributed by atoms with Crippen molar-refractivity contribution >= 4 is 11.4 Å². The number of hydrogen-bond acceptors (Lipinski definition) is 5. The fraction of sp³-hybridized carbons (Fsp3) is 0.167. The smallest absolute Gasteiger partial charge is 0.394 e. The summed E-state index contributed by atoms with van der Waals surface area (Å²) in [5.74, 6) is 0.